The number of benzene rings is 1. The summed E-state index contributed by atoms with van der Waals surface area (Å²) in [5.74, 6) is 0.427. The summed E-state index contributed by atoms with van der Waals surface area (Å²) in [4.78, 5) is 11.0. The summed E-state index contributed by atoms with van der Waals surface area (Å²) in [7, 11) is 1.36. The lowest BCUT2D eigenvalue weighted by Crippen LogP contribution is -2.13. The average Bonchev–Trinajstić information content (AvgIpc) is 2.34. The summed E-state index contributed by atoms with van der Waals surface area (Å²) < 4.78 is 9.99. The third-order valence-electron chi connectivity index (χ3n) is 2.54. The molecule has 0 fully saturated rings. The molecule has 0 saturated carbocycles. The van der Waals surface area contributed by atoms with E-state index >= 15 is 0 Å². The molecule has 0 saturated heterocycles. The standard InChI is InChI=1S/C13H18O3/c1-4-10-7-6-8-12(11(10)5-2)16-9-13(14)15-3/h6-8H,4-5,9H2,1-3H3. The Morgan fingerprint density at radius 3 is 2.56 bits per heavy atom. The number of ether oxygens (including phenoxy) is 2. The maximum absolute atomic E-state index is 11.0. The molecule has 1 aromatic rings. The summed E-state index contributed by atoms with van der Waals surface area (Å²) in [5, 5.41) is 0. The second kappa shape index (κ2) is 6.16. The molecule has 0 bridgehead atoms. The topological polar surface area (TPSA) is 35.5 Å². The Balaban J connectivity index is 2.82. The summed E-state index contributed by atoms with van der Waals surface area (Å²) in [6.45, 7) is 4.16. The molecule has 0 heterocycles. The van der Waals surface area contributed by atoms with Crippen LogP contribution in [0.4, 0.5) is 0 Å². The molecule has 0 spiro atoms. The summed E-state index contributed by atoms with van der Waals surface area (Å²) in [6.07, 6.45) is 1.87. The first kappa shape index (κ1) is 12.6. The van der Waals surface area contributed by atoms with Gasteiger partial charge in [0.1, 0.15) is 5.75 Å². The van der Waals surface area contributed by atoms with Crippen LogP contribution in [0.3, 0.4) is 0 Å². The molecule has 0 N–H and O–H groups in total. The molecule has 0 aliphatic rings. The number of carbonyl (C=O) groups excluding carboxylic acids is 1. The monoisotopic (exact) mass is 222 g/mol. The van der Waals surface area contributed by atoms with Crippen LogP contribution in [0.2, 0.25) is 0 Å². The molecule has 0 radical (unpaired) electrons. The van der Waals surface area contributed by atoms with Crippen molar-refractivity contribution in [3.05, 3.63) is 29.3 Å². The molecule has 0 aliphatic heterocycles. The molecular formula is C13H18O3. The van der Waals surface area contributed by atoms with Crippen LogP contribution in [0.1, 0.15) is 25.0 Å². The first-order valence-electron chi connectivity index (χ1n) is 5.53. The van der Waals surface area contributed by atoms with Crippen LogP contribution in [0.15, 0.2) is 18.2 Å². The van der Waals surface area contributed by atoms with Crippen molar-refractivity contribution in [1.82, 2.24) is 0 Å². The second-order valence-electron chi connectivity index (χ2n) is 3.47. The van der Waals surface area contributed by atoms with Crippen LogP contribution in [-0.2, 0) is 22.4 Å². The van der Waals surface area contributed by atoms with E-state index in [1.54, 1.807) is 0 Å². The zero-order valence-corrected chi connectivity index (χ0v) is 10.1. The van der Waals surface area contributed by atoms with Gasteiger partial charge < -0.3 is 9.47 Å². The first-order chi connectivity index (χ1) is 7.72. The molecule has 0 aliphatic carbocycles. The zero-order chi connectivity index (χ0) is 12.0. The molecule has 0 atom stereocenters. The lowest BCUT2D eigenvalue weighted by molar-refractivity contribution is -0.142. The molecule has 3 nitrogen and oxygen atoms in total. The van der Waals surface area contributed by atoms with Crippen LogP contribution in [-0.4, -0.2) is 19.7 Å². The Hall–Kier alpha value is -1.51. The number of hydrogen-bond acceptors (Lipinski definition) is 3. The van der Waals surface area contributed by atoms with Crippen molar-refractivity contribution in [2.24, 2.45) is 0 Å². The van der Waals surface area contributed by atoms with Crippen LogP contribution < -0.4 is 4.74 Å². The van der Waals surface area contributed by atoms with Gasteiger partial charge in [0, 0.05) is 0 Å². The van der Waals surface area contributed by atoms with Gasteiger partial charge in [-0.05, 0) is 30.0 Å². The first-order valence-corrected chi connectivity index (χ1v) is 5.53. The predicted molar refractivity (Wildman–Crippen MR) is 62.7 cm³/mol. The van der Waals surface area contributed by atoms with E-state index in [0.717, 1.165) is 18.6 Å². The highest BCUT2D eigenvalue weighted by molar-refractivity contribution is 5.71. The van der Waals surface area contributed by atoms with E-state index in [0.29, 0.717) is 0 Å². The minimum Gasteiger partial charge on any atom is -0.482 e. The minimum atomic E-state index is -0.357. The smallest absolute Gasteiger partial charge is 0.343 e. The van der Waals surface area contributed by atoms with Gasteiger partial charge in [0.15, 0.2) is 6.61 Å². The minimum absolute atomic E-state index is 0.0311. The lowest BCUT2D eigenvalue weighted by atomic mass is 10.0. The number of carbonyl (C=O) groups is 1. The van der Waals surface area contributed by atoms with Crippen molar-refractivity contribution >= 4 is 5.97 Å². The van der Waals surface area contributed by atoms with E-state index in [9.17, 15) is 4.79 Å². The Morgan fingerprint density at radius 2 is 2.00 bits per heavy atom. The fourth-order valence-corrected chi connectivity index (χ4v) is 1.67. The van der Waals surface area contributed by atoms with Crippen molar-refractivity contribution in [3.63, 3.8) is 0 Å². The Kier molecular flexibility index (Phi) is 4.83. The Labute approximate surface area is 96.4 Å². The Bertz CT molecular complexity index is 358. The molecule has 0 unspecified atom stereocenters. The van der Waals surface area contributed by atoms with Crippen molar-refractivity contribution in [3.8, 4) is 5.75 Å². The lowest BCUT2D eigenvalue weighted by Gasteiger charge is -2.12. The van der Waals surface area contributed by atoms with Gasteiger partial charge in [0.2, 0.25) is 0 Å². The fraction of sp³-hybridized carbons (Fsp3) is 0.462. The van der Waals surface area contributed by atoms with Gasteiger partial charge in [-0.2, -0.15) is 0 Å². The molecule has 3 heteroatoms. The molecular weight excluding hydrogens is 204 g/mol. The van der Waals surface area contributed by atoms with E-state index < -0.39 is 0 Å². The van der Waals surface area contributed by atoms with Crippen molar-refractivity contribution in [2.45, 2.75) is 26.7 Å². The van der Waals surface area contributed by atoms with Gasteiger partial charge in [0.25, 0.3) is 0 Å². The molecule has 0 aromatic heterocycles. The summed E-state index contributed by atoms with van der Waals surface area (Å²) in [5.41, 5.74) is 2.44. The molecule has 16 heavy (non-hydrogen) atoms. The maximum Gasteiger partial charge on any atom is 0.343 e. The highest BCUT2D eigenvalue weighted by atomic mass is 16.6. The van der Waals surface area contributed by atoms with E-state index in [2.05, 4.69) is 24.7 Å². The van der Waals surface area contributed by atoms with E-state index in [1.165, 1.54) is 18.2 Å². The third-order valence-corrected chi connectivity index (χ3v) is 2.54. The number of aryl methyl sites for hydroxylation is 1. The molecule has 1 rings (SSSR count). The SMILES string of the molecule is CCc1cccc(OCC(=O)OC)c1CC. The van der Waals surface area contributed by atoms with Crippen LogP contribution >= 0.6 is 0 Å². The number of esters is 1. The second-order valence-corrected chi connectivity index (χ2v) is 3.47. The average molecular weight is 222 g/mol. The maximum atomic E-state index is 11.0. The van der Waals surface area contributed by atoms with Crippen LogP contribution in [0, 0.1) is 0 Å². The van der Waals surface area contributed by atoms with Gasteiger partial charge in [-0.25, -0.2) is 4.79 Å². The number of methoxy groups -OCH3 is 1. The molecule has 1 aromatic carbocycles. The van der Waals surface area contributed by atoms with Gasteiger partial charge in [-0.15, -0.1) is 0 Å². The molecule has 88 valence electrons. The fourth-order valence-electron chi connectivity index (χ4n) is 1.67. The van der Waals surface area contributed by atoms with Gasteiger partial charge in [-0.1, -0.05) is 26.0 Å². The number of rotatable bonds is 5. The van der Waals surface area contributed by atoms with Crippen LogP contribution in [0.5, 0.6) is 5.75 Å². The highest BCUT2D eigenvalue weighted by Crippen LogP contribution is 2.23. The van der Waals surface area contributed by atoms with E-state index in [-0.39, 0.29) is 12.6 Å². The van der Waals surface area contributed by atoms with Crippen LogP contribution in [0.25, 0.3) is 0 Å². The van der Waals surface area contributed by atoms with E-state index in [4.69, 9.17) is 4.74 Å². The number of hydrogen-bond donors (Lipinski definition) is 0. The van der Waals surface area contributed by atoms with Crippen molar-refractivity contribution in [1.29, 1.82) is 0 Å². The van der Waals surface area contributed by atoms with Crippen molar-refractivity contribution in [2.75, 3.05) is 13.7 Å². The quantitative estimate of drug-likeness (QED) is 0.717. The Morgan fingerprint density at radius 1 is 1.25 bits per heavy atom. The summed E-state index contributed by atoms with van der Waals surface area (Å²) in [6, 6.07) is 5.93. The van der Waals surface area contributed by atoms with E-state index in [1.807, 2.05) is 12.1 Å². The largest absolute Gasteiger partial charge is 0.482 e. The predicted octanol–water partition coefficient (Wildman–Crippen LogP) is 2.36. The highest BCUT2D eigenvalue weighted by Gasteiger charge is 2.08. The normalized spacial score (nSPS) is 9.94. The van der Waals surface area contributed by atoms with Gasteiger partial charge >= 0.3 is 5.97 Å². The van der Waals surface area contributed by atoms with Crippen molar-refractivity contribution < 1.29 is 14.3 Å². The van der Waals surface area contributed by atoms with Gasteiger partial charge in [-0.3, -0.25) is 0 Å². The third kappa shape index (κ3) is 2.99. The summed E-state index contributed by atoms with van der Waals surface area (Å²) >= 11 is 0. The molecule has 0 amide bonds. The zero-order valence-electron chi connectivity index (χ0n) is 10.1. The van der Waals surface area contributed by atoms with Gasteiger partial charge in [0.05, 0.1) is 7.11 Å².